The van der Waals surface area contributed by atoms with E-state index < -0.39 is 0 Å². The summed E-state index contributed by atoms with van der Waals surface area (Å²) in [6, 6.07) is 0. The van der Waals surface area contributed by atoms with E-state index in [0.29, 0.717) is 11.8 Å². The van der Waals surface area contributed by atoms with Crippen LogP contribution in [0.4, 0.5) is 0 Å². The third-order valence-electron chi connectivity index (χ3n) is 3.32. The van der Waals surface area contributed by atoms with Crippen molar-refractivity contribution < 1.29 is 9.84 Å². The van der Waals surface area contributed by atoms with E-state index in [1.54, 1.807) is 16.2 Å². The first-order valence-electron chi connectivity index (χ1n) is 5.77. The first-order valence-corrected chi connectivity index (χ1v) is 9.08. The normalized spacial score (nSPS) is 15.3. The van der Waals surface area contributed by atoms with Crippen molar-refractivity contribution in [2.24, 2.45) is 0 Å². The third-order valence-corrected chi connectivity index (χ3v) is 5.03. The van der Waals surface area contributed by atoms with Crippen LogP contribution in [0.3, 0.4) is 0 Å². The molecule has 2 heterocycles. The van der Waals surface area contributed by atoms with E-state index in [4.69, 9.17) is 4.74 Å². The third kappa shape index (κ3) is 1.90. The molecule has 3 rings (SSSR count). The highest BCUT2D eigenvalue weighted by Gasteiger charge is 2.29. The fraction of sp³-hybridized carbons (Fsp3) is 0.417. The van der Waals surface area contributed by atoms with Gasteiger partial charge in [-0.15, -0.1) is 0 Å². The van der Waals surface area contributed by atoms with Gasteiger partial charge in [0.15, 0.2) is 0 Å². The van der Waals surface area contributed by atoms with Gasteiger partial charge in [-0.2, -0.15) is 0 Å². The number of ether oxygens (including phenoxy) is 1. The molecule has 1 aliphatic carbocycles. The zero-order valence-electron chi connectivity index (χ0n) is 9.89. The Balaban J connectivity index is 2.35. The molecule has 1 N–H and O–H groups in total. The first kappa shape index (κ1) is 12.6. The number of hydrogen-bond donors (Lipinski definition) is 1. The molecule has 2 aromatic heterocycles. The summed E-state index contributed by atoms with van der Waals surface area (Å²) in [6.07, 6.45) is 6.31. The molecule has 0 spiro atoms. The van der Waals surface area contributed by atoms with Gasteiger partial charge in [-0.1, -0.05) is 0 Å². The lowest BCUT2D eigenvalue weighted by Gasteiger charge is -2.08. The second kappa shape index (κ2) is 4.90. The summed E-state index contributed by atoms with van der Waals surface area (Å²) in [7, 11) is 3.19. The number of pyridine rings is 1. The Labute approximate surface area is 121 Å². The Kier molecular flexibility index (Phi) is 3.42. The average molecular weight is 376 g/mol. The Bertz CT molecular complexity index is 595. The van der Waals surface area contributed by atoms with E-state index >= 15 is 0 Å². The van der Waals surface area contributed by atoms with Crippen molar-refractivity contribution in [3.63, 3.8) is 0 Å². The minimum Gasteiger partial charge on any atom is -0.479 e. The van der Waals surface area contributed by atoms with E-state index in [1.807, 2.05) is 16.4 Å². The van der Waals surface area contributed by atoms with Crippen LogP contribution in [0.2, 0.25) is 0 Å². The number of nitrogens with zero attached hydrogens (tertiary/aromatic N) is 2. The zero-order valence-corrected chi connectivity index (χ0v) is 12.9. The van der Waals surface area contributed by atoms with Crippen molar-refractivity contribution in [1.82, 2.24) is 8.96 Å². The van der Waals surface area contributed by atoms with Gasteiger partial charge in [0.2, 0.25) is 5.88 Å². The summed E-state index contributed by atoms with van der Waals surface area (Å²) in [6.45, 7) is 0.0492. The van der Waals surface area contributed by atoms with Gasteiger partial charge in [0.05, 0.1) is 13.7 Å². The van der Waals surface area contributed by atoms with Crippen molar-refractivity contribution in [2.45, 2.75) is 25.4 Å². The molecule has 1 fully saturated rings. The van der Waals surface area contributed by atoms with Crippen molar-refractivity contribution in [3.05, 3.63) is 23.5 Å². The molecule has 0 aliphatic heterocycles. The van der Waals surface area contributed by atoms with Gasteiger partial charge in [0.1, 0.15) is 5.52 Å². The number of hydrogen-bond acceptors (Lipinski definition) is 4. The Hall–Kier alpha value is -0.470. The molecule has 2 aromatic rings. The number of methoxy groups -OCH3 is 1. The summed E-state index contributed by atoms with van der Waals surface area (Å²) in [5.74, 6) is 1.23. The van der Waals surface area contributed by atoms with Crippen LogP contribution in [-0.2, 0) is 6.61 Å². The number of halogens is 1. The zero-order chi connectivity index (χ0) is 12.7. The van der Waals surface area contributed by atoms with Gasteiger partial charge in [0.25, 0.3) is 0 Å². The molecule has 4 nitrogen and oxygen atoms in total. The molecule has 96 valence electrons. The maximum atomic E-state index is 9.55. The molecule has 0 atom stereocenters. The summed E-state index contributed by atoms with van der Waals surface area (Å²) in [4.78, 5) is 4.40. The first-order chi connectivity index (χ1) is 8.80. The van der Waals surface area contributed by atoms with Crippen LogP contribution in [0.25, 0.3) is 10.9 Å². The predicted molar refractivity (Wildman–Crippen MR) is 81.2 cm³/mol. The van der Waals surface area contributed by atoms with Crippen molar-refractivity contribution >= 4 is 41.2 Å². The monoisotopic (exact) mass is 376 g/mol. The molecule has 0 aromatic carbocycles. The lowest BCUT2D eigenvalue weighted by atomic mass is 10.1. The van der Waals surface area contributed by atoms with E-state index in [0.717, 1.165) is 16.5 Å². The van der Waals surface area contributed by atoms with Crippen LogP contribution in [-0.4, -0.2) is 21.2 Å². The molecule has 18 heavy (non-hydrogen) atoms. The molecular weight excluding hydrogens is 363 g/mol. The van der Waals surface area contributed by atoms with Crippen molar-refractivity contribution in [2.75, 3.05) is 7.11 Å². The van der Waals surface area contributed by atoms with Crippen LogP contribution in [0.1, 0.15) is 29.9 Å². The molecule has 0 saturated heterocycles. The van der Waals surface area contributed by atoms with Gasteiger partial charge >= 0.3 is 0 Å². The highest BCUT2D eigenvalue weighted by molar-refractivity contribution is 14.2. The quantitative estimate of drug-likeness (QED) is 0.833. The number of aliphatic hydroxyl groups excluding tert-OH is 1. The molecule has 0 radical (unpaired) electrons. The highest BCUT2D eigenvalue weighted by atomic mass is 127. The van der Waals surface area contributed by atoms with Crippen LogP contribution < -0.4 is 4.74 Å². The van der Waals surface area contributed by atoms with Gasteiger partial charge in [-0.25, -0.2) is 4.98 Å². The lowest BCUT2D eigenvalue weighted by molar-refractivity contribution is 0.283. The molecular formula is C12H13IN2O2S. The van der Waals surface area contributed by atoms with Gasteiger partial charge in [-0.05, 0) is 24.3 Å². The van der Waals surface area contributed by atoms with Crippen LogP contribution >= 0.6 is 30.3 Å². The number of rotatable bonds is 4. The number of aliphatic hydroxyl groups is 1. The second-order valence-corrected chi connectivity index (χ2v) is 6.14. The standard InChI is InChI=1S/C12H13IN2O2S/c1-17-12-11-10(8(6-16)5-15(11)18-13)9(4-14-12)7-2-3-7/h4-5,7,16H,2-3,6H2,1H3. The molecule has 0 unspecified atom stereocenters. The SMILES string of the molecule is COc1ncc(C2CC2)c2c(CO)cn(SI)c12. The smallest absolute Gasteiger partial charge is 0.239 e. The van der Waals surface area contributed by atoms with Crippen LogP contribution in [0.5, 0.6) is 5.88 Å². The van der Waals surface area contributed by atoms with E-state index in [9.17, 15) is 5.11 Å². The van der Waals surface area contributed by atoms with Gasteiger partial charge in [0, 0.05) is 53.7 Å². The number of aromatic nitrogens is 2. The molecule has 6 heteroatoms. The van der Waals surface area contributed by atoms with Gasteiger partial charge < -0.3 is 9.84 Å². The minimum atomic E-state index is 0.0492. The molecule has 1 aliphatic rings. The summed E-state index contributed by atoms with van der Waals surface area (Å²) in [5, 5.41) is 10.7. The summed E-state index contributed by atoms with van der Waals surface area (Å²) < 4.78 is 7.37. The Morgan fingerprint density at radius 2 is 2.39 bits per heavy atom. The minimum absolute atomic E-state index is 0.0492. The largest absolute Gasteiger partial charge is 0.479 e. The second-order valence-electron chi connectivity index (χ2n) is 4.43. The van der Waals surface area contributed by atoms with Crippen molar-refractivity contribution in [3.8, 4) is 5.88 Å². The topological polar surface area (TPSA) is 47.3 Å². The molecule has 1 saturated carbocycles. The highest BCUT2D eigenvalue weighted by Crippen LogP contribution is 2.46. The van der Waals surface area contributed by atoms with E-state index in [-0.39, 0.29) is 6.61 Å². The fourth-order valence-corrected chi connectivity index (χ4v) is 3.68. The van der Waals surface area contributed by atoms with Gasteiger partial charge in [-0.3, -0.25) is 3.97 Å². The average Bonchev–Trinajstić information content (AvgIpc) is 3.18. The predicted octanol–water partition coefficient (Wildman–Crippen LogP) is 3.26. The Morgan fingerprint density at radius 1 is 1.61 bits per heavy atom. The maximum absolute atomic E-state index is 9.55. The summed E-state index contributed by atoms with van der Waals surface area (Å²) >= 11 is 2.22. The fourth-order valence-electron chi connectivity index (χ4n) is 2.34. The molecule has 0 bridgehead atoms. The Morgan fingerprint density at radius 3 is 2.94 bits per heavy atom. The number of fused-ring (bicyclic) bond motifs is 1. The van der Waals surface area contributed by atoms with E-state index in [2.05, 4.69) is 26.2 Å². The lowest BCUT2D eigenvalue weighted by Crippen LogP contribution is -1.94. The van der Waals surface area contributed by atoms with Crippen molar-refractivity contribution in [1.29, 1.82) is 0 Å². The van der Waals surface area contributed by atoms with Crippen LogP contribution in [0.15, 0.2) is 12.4 Å². The maximum Gasteiger partial charge on any atom is 0.239 e. The van der Waals surface area contributed by atoms with Crippen LogP contribution in [0, 0.1) is 0 Å². The summed E-state index contributed by atoms with van der Waals surface area (Å²) in [5.41, 5.74) is 3.18. The van der Waals surface area contributed by atoms with E-state index in [1.165, 1.54) is 18.4 Å². The molecule has 0 amide bonds.